The van der Waals surface area contributed by atoms with Crippen LogP contribution in [0.4, 0.5) is 0 Å². The molecule has 0 atom stereocenters. The minimum Gasteiger partial charge on any atom is -0.274 e. The fourth-order valence-electron chi connectivity index (χ4n) is 9.48. The minimum atomic E-state index is -0.401. The van der Waals surface area contributed by atoms with Gasteiger partial charge in [-0.15, -0.1) is 0 Å². The molecule has 7 rings (SSSR count). The van der Waals surface area contributed by atoms with Crippen LogP contribution in [-0.4, -0.2) is 46.5 Å². The van der Waals surface area contributed by atoms with Gasteiger partial charge in [-0.3, -0.25) is 29.0 Å². The largest absolute Gasteiger partial charge is 0.274 e. The summed E-state index contributed by atoms with van der Waals surface area (Å²) in [6.45, 7) is 5.06. The van der Waals surface area contributed by atoms with E-state index in [-0.39, 0.29) is 20.1 Å². The standard InChI is InChI=1S/C48H54Cl4N2O4/c1-3-5-7-9-11-13-15-17-19-21-23-53-45(55)29-25-33(49)39-41-35(51)27-31-38-32(48(58)54(47(31)57)24-22-20-18-16-14-12-10-8-6-4-2)28-36(52)42(44(38)41)40-34(50)26-30(46(53)56)37(29)43(39)40/h25-28H,3-24H2,1-2H3. The second-order valence-corrected chi connectivity index (χ2v) is 18.1. The highest BCUT2D eigenvalue weighted by molar-refractivity contribution is 6.56. The molecule has 10 heteroatoms. The Morgan fingerprint density at radius 3 is 0.793 bits per heavy atom. The molecule has 0 fully saturated rings. The van der Waals surface area contributed by atoms with Crippen LogP contribution in [0, 0.1) is 0 Å². The third-order valence-corrected chi connectivity index (χ3v) is 13.7. The van der Waals surface area contributed by atoms with Crippen molar-refractivity contribution in [3.05, 3.63) is 66.6 Å². The van der Waals surface area contributed by atoms with Crippen LogP contribution in [0.15, 0.2) is 24.3 Å². The van der Waals surface area contributed by atoms with Gasteiger partial charge in [-0.2, -0.15) is 0 Å². The maximum Gasteiger partial charge on any atom is 0.261 e. The number of imide groups is 2. The van der Waals surface area contributed by atoms with Crippen molar-refractivity contribution in [3.63, 3.8) is 0 Å². The lowest BCUT2D eigenvalue weighted by atomic mass is 9.82. The Morgan fingerprint density at radius 1 is 0.328 bits per heavy atom. The van der Waals surface area contributed by atoms with Crippen molar-refractivity contribution >= 4 is 113 Å². The zero-order valence-corrected chi connectivity index (χ0v) is 36.9. The lowest BCUT2D eigenvalue weighted by Gasteiger charge is -2.31. The van der Waals surface area contributed by atoms with Gasteiger partial charge in [-0.1, -0.05) is 176 Å². The van der Waals surface area contributed by atoms with Crippen molar-refractivity contribution in [2.75, 3.05) is 13.1 Å². The Balaban J connectivity index is 1.18. The molecule has 0 N–H and O–H groups in total. The minimum absolute atomic E-state index is 0.249. The Labute approximate surface area is 362 Å². The van der Waals surface area contributed by atoms with Gasteiger partial charge < -0.3 is 0 Å². The van der Waals surface area contributed by atoms with Gasteiger partial charge in [0.25, 0.3) is 23.6 Å². The van der Waals surface area contributed by atoms with Crippen LogP contribution in [0.2, 0.25) is 20.1 Å². The zero-order valence-electron chi connectivity index (χ0n) is 33.9. The number of fused-ring (bicyclic) bond motifs is 2. The first-order chi connectivity index (χ1) is 28.1. The Morgan fingerprint density at radius 2 is 0.552 bits per heavy atom. The van der Waals surface area contributed by atoms with E-state index >= 15 is 0 Å². The van der Waals surface area contributed by atoms with Crippen molar-refractivity contribution in [2.24, 2.45) is 0 Å². The molecule has 0 bridgehead atoms. The molecular formula is C48H54Cl4N2O4. The fraction of sp³-hybridized carbons (Fsp3) is 0.500. The van der Waals surface area contributed by atoms with Crippen LogP contribution in [0.3, 0.4) is 0 Å². The molecule has 0 aromatic heterocycles. The lowest BCUT2D eigenvalue weighted by Crippen LogP contribution is -2.41. The molecule has 5 aromatic rings. The normalized spacial score (nSPS) is 14.2. The summed E-state index contributed by atoms with van der Waals surface area (Å²) < 4.78 is 0. The number of carbonyl (C=O) groups is 4. The topological polar surface area (TPSA) is 74.8 Å². The maximum absolute atomic E-state index is 14.1. The van der Waals surface area contributed by atoms with Crippen LogP contribution in [0.1, 0.15) is 184 Å². The average Bonchev–Trinajstić information content (AvgIpc) is 3.20. The third kappa shape index (κ3) is 8.05. The SMILES string of the molecule is CCCCCCCCCCCCN1C(=O)c2cc(Cl)c3c4c(Cl)cc5c6c(cc(Cl)c(c7c(Cl)cc(c2c37)C1=O)c64)C(=O)N(CCCCCCCCCCCC)C5=O. The summed E-state index contributed by atoms with van der Waals surface area (Å²) in [6, 6.07) is 6.46. The summed E-state index contributed by atoms with van der Waals surface area (Å²) in [5.74, 6) is -1.60. The van der Waals surface area contributed by atoms with E-state index in [0.717, 1.165) is 38.5 Å². The van der Waals surface area contributed by atoms with Crippen LogP contribution in [0.25, 0.3) is 43.1 Å². The van der Waals surface area contributed by atoms with Crippen LogP contribution >= 0.6 is 46.4 Å². The molecule has 6 nitrogen and oxygen atoms in total. The maximum atomic E-state index is 14.1. The quantitative estimate of drug-likeness (QED) is 0.0301. The van der Waals surface area contributed by atoms with Crippen molar-refractivity contribution in [3.8, 4) is 0 Å². The molecule has 2 aliphatic heterocycles. The molecule has 0 radical (unpaired) electrons. The zero-order chi connectivity index (χ0) is 41.1. The number of unbranched alkanes of at least 4 members (excludes halogenated alkanes) is 18. The number of rotatable bonds is 22. The number of hydrogen-bond acceptors (Lipinski definition) is 4. The van der Waals surface area contributed by atoms with Crippen LogP contribution in [0.5, 0.6) is 0 Å². The number of nitrogens with zero attached hydrogens (tertiary/aromatic N) is 2. The molecule has 2 aliphatic rings. The first kappa shape index (κ1) is 42.9. The first-order valence-electron chi connectivity index (χ1n) is 21.8. The van der Waals surface area contributed by atoms with Gasteiger partial charge in [0, 0.05) is 76.3 Å². The van der Waals surface area contributed by atoms with Gasteiger partial charge in [0.05, 0.1) is 22.3 Å². The Bertz CT molecular complexity index is 2090. The van der Waals surface area contributed by atoms with Gasteiger partial charge >= 0.3 is 0 Å². The number of carbonyl (C=O) groups excluding carboxylic acids is 4. The molecule has 0 saturated carbocycles. The molecule has 0 saturated heterocycles. The number of hydrogen-bond donors (Lipinski definition) is 0. The highest BCUT2D eigenvalue weighted by Gasteiger charge is 2.39. The van der Waals surface area contributed by atoms with Crippen molar-refractivity contribution < 1.29 is 19.2 Å². The van der Waals surface area contributed by atoms with Gasteiger partial charge in [-0.05, 0) is 37.1 Å². The van der Waals surface area contributed by atoms with E-state index in [9.17, 15) is 19.2 Å². The van der Waals surface area contributed by atoms with E-state index in [2.05, 4.69) is 13.8 Å². The van der Waals surface area contributed by atoms with Gasteiger partial charge in [0.2, 0.25) is 0 Å². The van der Waals surface area contributed by atoms with Crippen molar-refractivity contribution in [2.45, 2.75) is 142 Å². The second kappa shape index (κ2) is 19.0. The molecule has 0 aliphatic carbocycles. The summed E-state index contributed by atoms with van der Waals surface area (Å²) in [7, 11) is 0. The lowest BCUT2D eigenvalue weighted by molar-refractivity contribution is 0.0592. The second-order valence-electron chi connectivity index (χ2n) is 16.5. The summed E-state index contributed by atoms with van der Waals surface area (Å²) in [5, 5.41) is 4.90. The van der Waals surface area contributed by atoms with E-state index in [4.69, 9.17) is 46.4 Å². The van der Waals surface area contributed by atoms with Gasteiger partial charge in [0.15, 0.2) is 0 Å². The van der Waals surface area contributed by atoms with E-state index in [1.54, 1.807) is 24.3 Å². The van der Waals surface area contributed by atoms with E-state index in [0.29, 0.717) is 91.3 Å². The third-order valence-electron chi connectivity index (χ3n) is 12.5. The van der Waals surface area contributed by atoms with E-state index in [1.165, 1.54) is 86.8 Å². The highest BCUT2D eigenvalue weighted by Crippen LogP contribution is 2.53. The smallest absolute Gasteiger partial charge is 0.261 e. The Hall–Kier alpha value is -3.16. The summed E-state index contributed by atoms with van der Waals surface area (Å²) in [4.78, 5) is 59.2. The number of amides is 4. The van der Waals surface area contributed by atoms with Crippen molar-refractivity contribution in [1.82, 2.24) is 9.80 Å². The molecule has 4 amide bonds. The summed E-state index contributed by atoms with van der Waals surface area (Å²) in [6.07, 6.45) is 22.8. The number of benzene rings is 5. The average molecular weight is 865 g/mol. The fourth-order valence-corrected chi connectivity index (χ4v) is 10.7. The van der Waals surface area contributed by atoms with Gasteiger partial charge in [0.1, 0.15) is 0 Å². The van der Waals surface area contributed by atoms with E-state index in [1.807, 2.05) is 0 Å². The van der Waals surface area contributed by atoms with Gasteiger partial charge in [-0.25, -0.2) is 0 Å². The van der Waals surface area contributed by atoms with Crippen molar-refractivity contribution in [1.29, 1.82) is 0 Å². The molecule has 0 spiro atoms. The first-order valence-corrected chi connectivity index (χ1v) is 23.3. The van der Waals surface area contributed by atoms with E-state index < -0.39 is 23.6 Å². The predicted octanol–water partition coefficient (Wildman–Crippen LogP) is 15.4. The summed E-state index contributed by atoms with van der Waals surface area (Å²) in [5.41, 5.74) is 1.27. The molecule has 58 heavy (non-hydrogen) atoms. The van der Waals surface area contributed by atoms with Crippen LogP contribution in [-0.2, 0) is 0 Å². The molecule has 5 aromatic carbocycles. The molecular weight excluding hydrogens is 810 g/mol. The molecule has 0 unspecified atom stereocenters. The predicted molar refractivity (Wildman–Crippen MR) is 242 cm³/mol. The molecule has 2 heterocycles. The molecule has 308 valence electrons. The highest BCUT2D eigenvalue weighted by atomic mass is 35.5. The Kier molecular flexibility index (Phi) is 14.1. The summed E-state index contributed by atoms with van der Waals surface area (Å²) >= 11 is 28.6. The van der Waals surface area contributed by atoms with Crippen LogP contribution < -0.4 is 0 Å². The number of halogens is 4. The monoisotopic (exact) mass is 862 g/mol.